The first-order chi connectivity index (χ1) is 14.9. The second-order valence-corrected chi connectivity index (χ2v) is 10.3. The van der Waals surface area contributed by atoms with E-state index in [1.807, 2.05) is 34.6 Å². The summed E-state index contributed by atoms with van der Waals surface area (Å²) in [5, 5.41) is 7.00. The maximum absolute atomic E-state index is 14.8. The van der Waals surface area contributed by atoms with Crippen molar-refractivity contribution in [3.8, 4) is 0 Å². The van der Waals surface area contributed by atoms with Gasteiger partial charge in [0.15, 0.2) is 0 Å². The van der Waals surface area contributed by atoms with Crippen LogP contribution in [-0.4, -0.2) is 39.9 Å². The van der Waals surface area contributed by atoms with Crippen molar-refractivity contribution in [1.82, 2.24) is 15.1 Å². The summed E-state index contributed by atoms with van der Waals surface area (Å²) >= 11 is 1.26. The van der Waals surface area contributed by atoms with Crippen LogP contribution in [-0.2, 0) is 22.1 Å². The molecule has 1 N–H and O–H groups in total. The number of carbonyl (C=O) groups is 2. The standard InChI is InChI=1S/C23H30F2N4O2S/c1-7-13(2)26-17(30)11-29-18(31)12-32-20(15-9-8-14(24)10-16(15)25)19-21(23(3,4)5)27-28(6)22(19)29/h8-10,13,20H,7,11-12H2,1-6H3,(H,26,30). The summed E-state index contributed by atoms with van der Waals surface area (Å²) in [5.41, 5.74) is 1.27. The monoisotopic (exact) mass is 464 g/mol. The first-order valence-electron chi connectivity index (χ1n) is 10.7. The Morgan fingerprint density at radius 1 is 1.34 bits per heavy atom. The van der Waals surface area contributed by atoms with Gasteiger partial charge in [-0.15, -0.1) is 11.8 Å². The lowest BCUT2D eigenvalue weighted by Crippen LogP contribution is -2.44. The van der Waals surface area contributed by atoms with Crippen LogP contribution in [0.2, 0.25) is 0 Å². The second kappa shape index (κ2) is 9.21. The van der Waals surface area contributed by atoms with E-state index in [4.69, 9.17) is 0 Å². The number of benzene rings is 1. The normalized spacial score (nSPS) is 17.7. The number of rotatable bonds is 5. The summed E-state index contributed by atoms with van der Waals surface area (Å²) in [5.74, 6) is -1.34. The van der Waals surface area contributed by atoms with Gasteiger partial charge in [-0.1, -0.05) is 33.8 Å². The predicted octanol–water partition coefficient (Wildman–Crippen LogP) is 4.08. The van der Waals surface area contributed by atoms with Crippen molar-refractivity contribution in [2.75, 3.05) is 17.2 Å². The van der Waals surface area contributed by atoms with Crippen molar-refractivity contribution in [2.24, 2.45) is 7.05 Å². The lowest BCUT2D eigenvalue weighted by molar-refractivity contribution is -0.123. The summed E-state index contributed by atoms with van der Waals surface area (Å²) in [6.07, 6.45) is 0.770. The highest BCUT2D eigenvalue weighted by Gasteiger charge is 2.39. The molecule has 174 valence electrons. The zero-order valence-corrected chi connectivity index (χ0v) is 20.1. The van der Waals surface area contributed by atoms with Crippen LogP contribution in [0, 0.1) is 11.6 Å². The van der Waals surface area contributed by atoms with Gasteiger partial charge < -0.3 is 5.32 Å². The third kappa shape index (κ3) is 4.82. The minimum Gasteiger partial charge on any atom is -0.352 e. The highest BCUT2D eigenvalue weighted by Crippen LogP contribution is 2.48. The van der Waals surface area contributed by atoms with Gasteiger partial charge >= 0.3 is 0 Å². The smallest absolute Gasteiger partial charge is 0.240 e. The molecule has 1 aliphatic heterocycles. The van der Waals surface area contributed by atoms with Crippen LogP contribution in [0.15, 0.2) is 18.2 Å². The highest BCUT2D eigenvalue weighted by atomic mass is 32.2. The van der Waals surface area contributed by atoms with Gasteiger partial charge in [-0.25, -0.2) is 8.78 Å². The van der Waals surface area contributed by atoms with Crippen molar-refractivity contribution < 1.29 is 18.4 Å². The van der Waals surface area contributed by atoms with Crippen LogP contribution >= 0.6 is 11.8 Å². The van der Waals surface area contributed by atoms with Crippen LogP contribution in [0.1, 0.15) is 63.1 Å². The number of hydrogen-bond acceptors (Lipinski definition) is 4. The van der Waals surface area contributed by atoms with E-state index < -0.39 is 22.3 Å². The number of aromatic nitrogens is 2. The van der Waals surface area contributed by atoms with E-state index in [0.29, 0.717) is 17.1 Å². The molecule has 1 aromatic heterocycles. The third-order valence-corrected chi connectivity index (χ3v) is 6.76. The summed E-state index contributed by atoms with van der Waals surface area (Å²) < 4.78 is 30.0. The zero-order chi connectivity index (χ0) is 23.8. The molecule has 2 atom stereocenters. The Bertz CT molecular complexity index is 1030. The van der Waals surface area contributed by atoms with E-state index in [2.05, 4.69) is 10.4 Å². The lowest BCUT2D eigenvalue weighted by Gasteiger charge is -2.24. The van der Waals surface area contributed by atoms with Crippen molar-refractivity contribution in [2.45, 2.75) is 57.7 Å². The number of halogens is 2. The summed E-state index contributed by atoms with van der Waals surface area (Å²) in [4.78, 5) is 27.2. The van der Waals surface area contributed by atoms with Gasteiger partial charge in [0.05, 0.1) is 16.7 Å². The number of amides is 2. The summed E-state index contributed by atoms with van der Waals surface area (Å²) in [6, 6.07) is 3.47. The molecule has 1 aliphatic rings. The summed E-state index contributed by atoms with van der Waals surface area (Å²) in [7, 11) is 1.72. The lowest BCUT2D eigenvalue weighted by atomic mass is 9.87. The average Bonchev–Trinajstić information content (AvgIpc) is 2.97. The van der Waals surface area contributed by atoms with E-state index in [9.17, 15) is 18.4 Å². The largest absolute Gasteiger partial charge is 0.352 e. The van der Waals surface area contributed by atoms with Crippen LogP contribution < -0.4 is 10.2 Å². The molecule has 3 rings (SSSR count). The second-order valence-electron chi connectivity index (χ2n) is 9.17. The van der Waals surface area contributed by atoms with E-state index in [-0.39, 0.29) is 35.7 Å². The first-order valence-corrected chi connectivity index (χ1v) is 11.7. The topological polar surface area (TPSA) is 67.2 Å². The Morgan fingerprint density at radius 2 is 2.03 bits per heavy atom. The molecule has 0 saturated heterocycles. The molecule has 2 amide bonds. The van der Waals surface area contributed by atoms with Crippen molar-refractivity contribution >= 4 is 29.4 Å². The fraction of sp³-hybridized carbons (Fsp3) is 0.522. The van der Waals surface area contributed by atoms with Crippen molar-refractivity contribution in [3.63, 3.8) is 0 Å². The van der Waals surface area contributed by atoms with Gasteiger partial charge in [-0.2, -0.15) is 5.10 Å². The Kier molecular flexibility index (Phi) is 6.97. The Morgan fingerprint density at radius 3 is 2.62 bits per heavy atom. The van der Waals surface area contributed by atoms with E-state index in [0.717, 1.165) is 12.5 Å². The highest BCUT2D eigenvalue weighted by molar-refractivity contribution is 8.00. The van der Waals surface area contributed by atoms with Gasteiger partial charge in [0, 0.05) is 35.7 Å². The molecule has 0 radical (unpaired) electrons. The Hall–Kier alpha value is -2.42. The Balaban J connectivity index is 2.17. The van der Waals surface area contributed by atoms with Crippen molar-refractivity contribution in [1.29, 1.82) is 0 Å². The molecular formula is C23H30F2N4O2S. The predicted molar refractivity (Wildman–Crippen MR) is 123 cm³/mol. The van der Waals surface area contributed by atoms with E-state index in [1.54, 1.807) is 11.7 Å². The van der Waals surface area contributed by atoms with Crippen LogP contribution in [0.3, 0.4) is 0 Å². The molecule has 9 heteroatoms. The molecule has 0 spiro atoms. The number of nitrogens with one attached hydrogen (secondary N) is 1. The number of hydrogen-bond donors (Lipinski definition) is 1. The Labute approximate surface area is 191 Å². The van der Waals surface area contributed by atoms with Gasteiger partial charge in [0.2, 0.25) is 11.8 Å². The van der Waals surface area contributed by atoms with Gasteiger partial charge in [-0.3, -0.25) is 19.2 Å². The minimum atomic E-state index is -0.674. The molecule has 0 saturated carbocycles. The molecule has 0 fully saturated rings. The maximum atomic E-state index is 14.8. The minimum absolute atomic E-state index is 0.0174. The van der Waals surface area contributed by atoms with Crippen LogP contribution in [0.5, 0.6) is 0 Å². The van der Waals surface area contributed by atoms with Crippen molar-refractivity contribution in [3.05, 3.63) is 46.7 Å². The molecule has 0 bridgehead atoms. The molecule has 2 heterocycles. The fourth-order valence-corrected chi connectivity index (χ4v) is 4.99. The molecule has 32 heavy (non-hydrogen) atoms. The van der Waals surface area contributed by atoms with Gasteiger partial charge in [0.25, 0.3) is 0 Å². The number of anilines is 1. The molecule has 2 aromatic rings. The number of thioether (sulfide) groups is 1. The number of carbonyl (C=O) groups excluding carboxylic acids is 2. The molecule has 1 aromatic carbocycles. The number of fused-ring (bicyclic) bond motifs is 1. The summed E-state index contributed by atoms with van der Waals surface area (Å²) in [6.45, 7) is 9.69. The quantitative estimate of drug-likeness (QED) is 0.724. The molecule has 0 aliphatic carbocycles. The van der Waals surface area contributed by atoms with E-state index >= 15 is 0 Å². The number of aryl methyl sites for hydroxylation is 1. The average molecular weight is 465 g/mol. The van der Waals surface area contributed by atoms with Crippen LogP contribution in [0.25, 0.3) is 0 Å². The SMILES string of the molecule is CCC(C)NC(=O)CN1C(=O)CSC(c2ccc(F)cc2F)c2c(C(C)(C)C)nn(C)c21. The number of nitrogens with zero attached hydrogens (tertiary/aromatic N) is 3. The molecule has 6 nitrogen and oxygen atoms in total. The maximum Gasteiger partial charge on any atom is 0.240 e. The molecular weight excluding hydrogens is 434 g/mol. The fourth-order valence-electron chi connectivity index (χ4n) is 3.77. The van der Waals surface area contributed by atoms with Gasteiger partial charge in [-0.05, 0) is 19.4 Å². The van der Waals surface area contributed by atoms with E-state index in [1.165, 1.54) is 28.8 Å². The van der Waals surface area contributed by atoms with Crippen LogP contribution in [0.4, 0.5) is 14.6 Å². The third-order valence-electron chi connectivity index (χ3n) is 5.52. The van der Waals surface area contributed by atoms with Gasteiger partial charge in [0.1, 0.15) is 24.0 Å². The molecule has 2 unspecified atom stereocenters. The zero-order valence-electron chi connectivity index (χ0n) is 19.3. The first kappa shape index (κ1) is 24.2.